The van der Waals surface area contributed by atoms with Crippen LogP contribution in [0.1, 0.15) is 77.6 Å². The van der Waals surface area contributed by atoms with Crippen LogP contribution in [-0.4, -0.2) is 12.1 Å². The minimum absolute atomic E-state index is 0.101. The van der Waals surface area contributed by atoms with Crippen LogP contribution in [0, 0.1) is 0 Å². The number of esters is 1. The van der Waals surface area contributed by atoms with Crippen molar-refractivity contribution in [3.05, 3.63) is 48.6 Å². The third kappa shape index (κ3) is 11.9. The van der Waals surface area contributed by atoms with E-state index in [1.807, 2.05) is 6.08 Å². The lowest BCUT2D eigenvalue weighted by molar-refractivity contribution is -0.144. The van der Waals surface area contributed by atoms with Gasteiger partial charge in [0.15, 0.2) is 0 Å². The Morgan fingerprint density at radius 1 is 0.958 bits per heavy atom. The van der Waals surface area contributed by atoms with Crippen LogP contribution in [0.5, 0.6) is 0 Å². The van der Waals surface area contributed by atoms with Crippen LogP contribution >= 0.6 is 0 Å². The molecule has 0 spiro atoms. The molecule has 24 heavy (non-hydrogen) atoms. The van der Waals surface area contributed by atoms with E-state index in [9.17, 15) is 4.79 Å². The molecule has 0 radical (unpaired) electrons. The minimum Gasteiger partial charge on any atom is -0.459 e. The van der Waals surface area contributed by atoms with Crippen molar-refractivity contribution in [3.8, 4) is 0 Å². The lowest BCUT2D eigenvalue weighted by Gasteiger charge is -2.18. The van der Waals surface area contributed by atoms with E-state index >= 15 is 0 Å². The summed E-state index contributed by atoms with van der Waals surface area (Å²) in [5.41, 5.74) is 0. The number of carbonyl (C=O) groups excluding carboxylic acids is 1. The van der Waals surface area contributed by atoms with Crippen molar-refractivity contribution < 1.29 is 9.53 Å². The maximum Gasteiger partial charge on any atom is 0.330 e. The molecule has 0 saturated heterocycles. The smallest absolute Gasteiger partial charge is 0.330 e. The second-order valence-electron chi connectivity index (χ2n) is 6.36. The Labute approximate surface area is 148 Å². The standard InChI is InChI=1S/C22H34O2/c1-2-3-4-5-6-7-8-9-10-11-12-13-14-15-16-18-21-19-17-20-22(23)24-21/h6-7,9-10,12-13,17,20-21H,2-5,8,11,14-16,18-19H2,1H3/b7-6-,10-9-,13-12-. The minimum atomic E-state index is -0.186. The highest BCUT2D eigenvalue weighted by molar-refractivity contribution is 5.82. The molecule has 0 fully saturated rings. The topological polar surface area (TPSA) is 26.3 Å². The van der Waals surface area contributed by atoms with E-state index in [0.717, 1.165) is 38.5 Å². The lowest BCUT2D eigenvalue weighted by Crippen LogP contribution is -2.19. The Morgan fingerprint density at radius 3 is 2.21 bits per heavy atom. The maximum atomic E-state index is 11.1. The van der Waals surface area contributed by atoms with Gasteiger partial charge in [-0.2, -0.15) is 0 Å². The average Bonchev–Trinajstić information content (AvgIpc) is 2.58. The highest BCUT2D eigenvalue weighted by atomic mass is 16.5. The van der Waals surface area contributed by atoms with Gasteiger partial charge in [0.05, 0.1) is 0 Å². The molecule has 1 aliphatic rings. The highest BCUT2D eigenvalue weighted by Gasteiger charge is 2.14. The van der Waals surface area contributed by atoms with Gasteiger partial charge in [-0.3, -0.25) is 0 Å². The van der Waals surface area contributed by atoms with Gasteiger partial charge in [-0.25, -0.2) is 4.79 Å². The number of hydrogen-bond donors (Lipinski definition) is 0. The molecule has 0 amide bonds. The Morgan fingerprint density at radius 2 is 1.58 bits per heavy atom. The molecule has 1 unspecified atom stereocenters. The van der Waals surface area contributed by atoms with Crippen LogP contribution in [0.2, 0.25) is 0 Å². The zero-order valence-corrected chi connectivity index (χ0v) is 15.3. The van der Waals surface area contributed by atoms with Gasteiger partial charge in [0.25, 0.3) is 0 Å². The predicted molar refractivity (Wildman–Crippen MR) is 103 cm³/mol. The molecule has 0 saturated carbocycles. The quantitative estimate of drug-likeness (QED) is 0.220. The lowest BCUT2D eigenvalue weighted by atomic mass is 10.1. The normalized spacial score (nSPS) is 18.2. The van der Waals surface area contributed by atoms with Crippen molar-refractivity contribution in [3.63, 3.8) is 0 Å². The number of allylic oxidation sites excluding steroid dienone is 6. The second kappa shape index (κ2) is 15.0. The zero-order chi connectivity index (χ0) is 17.3. The van der Waals surface area contributed by atoms with Crippen molar-refractivity contribution in [2.75, 3.05) is 0 Å². The molecule has 2 nitrogen and oxygen atoms in total. The summed E-state index contributed by atoms with van der Waals surface area (Å²) < 4.78 is 5.25. The van der Waals surface area contributed by atoms with Gasteiger partial charge in [-0.05, 0) is 51.4 Å². The first-order valence-corrected chi connectivity index (χ1v) is 9.65. The summed E-state index contributed by atoms with van der Waals surface area (Å²) in [6.45, 7) is 2.24. The number of hydrogen-bond acceptors (Lipinski definition) is 2. The fourth-order valence-electron chi connectivity index (χ4n) is 2.67. The van der Waals surface area contributed by atoms with Crippen molar-refractivity contribution in [2.45, 2.75) is 83.7 Å². The van der Waals surface area contributed by atoms with E-state index in [4.69, 9.17) is 4.74 Å². The van der Waals surface area contributed by atoms with Crippen molar-refractivity contribution in [2.24, 2.45) is 0 Å². The molecular formula is C22H34O2. The molecule has 134 valence electrons. The number of unbranched alkanes of at least 4 members (excludes halogenated alkanes) is 5. The van der Waals surface area contributed by atoms with E-state index in [1.165, 1.54) is 38.2 Å². The molecule has 1 atom stereocenters. The zero-order valence-electron chi connectivity index (χ0n) is 15.3. The number of ether oxygens (including phenoxy) is 1. The van der Waals surface area contributed by atoms with Crippen LogP contribution in [0.3, 0.4) is 0 Å². The Balaban J connectivity index is 1.90. The number of carbonyl (C=O) groups is 1. The first-order chi connectivity index (χ1) is 11.8. The molecule has 0 aromatic rings. The predicted octanol–water partition coefficient (Wildman–Crippen LogP) is 6.45. The Kier molecular flexibility index (Phi) is 12.8. The van der Waals surface area contributed by atoms with Gasteiger partial charge < -0.3 is 4.74 Å². The Bertz CT molecular complexity index is 429. The summed E-state index contributed by atoms with van der Waals surface area (Å²) in [6.07, 6.45) is 29.6. The molecule has 2 heteroatoms. The van der Waals surface area contributed by atoms with Gasteiger partial charge in [0.2, 0.25) is 0 Å². The summed E-state index contributed by atoms with van der Waals surface area (Å²) in [6, 6.07) is 0. The van der Waals surface area contributed by atoms with Gasteiger partial charge in [0.1, 0.15) is 6.10 Å². The van der Waals surface area contributed by atoms with Gasteiger partial charge >= 0.3 is 5.97 Å². The van der Waals surface area contributed by atoms with Crippen LogP contribution < -0.4 is 0 Å². The van der Waals surface area contributed by atoms with E-state index in [1.54, 1.807) is 0 Å². The SMILES string of the molecule is CCCCC/C=C\C/C=C\C/C=C\CCCCC1CC=CC(=O)O1. The van der Waals surface area contributed by atoms with Gasteiger partial charge in [0, 0.05) is 12.5 Å². The van der Waals surface area contributed by atoms with E-state index < -0.39 is 0 Å². The third-order valence-corrected chi connectivity index (χ3v) is 4.10. The summed E-state index contributed by atoms with van der Waals surface area (Å²) in [5.74, 6) is -0.186. The van der Waals surface area contributed by atoms with Crippen LogP contribution in [0.15, 0.2) is 48.6 Å². The molecule has 0 aromatic heterocycles. The van der Waals surface area contributed by atoms with Crippen molar-refractivity contribution >= 4 is 5.97 Å². The highest BCUT2D eigenvalue weighted by Crippen LogP contribution is 2.15. The number of rotatable bonds is 13. The molecule has 0 aliphatic carbocycles. The molecule has 0 aromatic carbocycles. The first-order valence-electron chi connectivity index (χ1n) is 9.65. The van der Waals surface area contributed by atoms with E-state index in [2.05, 4.69) is 43.4 Å². The molecule has 1 rings (SSSR count). The van der Waals surface area contributed by atoms with E-state index in [-0.39, 0.29) is 12.1 Å². The Hall–Kier alpha value is -1.57. The third-order valence-electron chi connectivity index (χ3n) is 4.10. The summed E-state index contributed by atoms with van der Waals surface area (Å²) in [7, 11) is 0. The molecular weight excluding hydrogens is 296 g/mol. The largest absolute Gasteiger partial charge is 0.459 e. The van der Waals surface area contributed by atoms with Crippen molar-refractivity contribution in [1.29, 1.82) is 0 Å². The molecule has 0 N–H and O–H groups in total. The molecule has 1 heterocycles. The van der Waals surface area contributed by atoms with Crippen LogP contribution in [-0.2, 0) is 9.53 Å². The maximum absolute atomic E-state index is 11.1. The summed E-state index contributed by atoms with van der Waals surface area (Å²) >= 11 is 0. The van der Waals surface area contributed by atoms with Crippen LogP contribution in [0.4, 0.5) is 0 Å². The average molecular weight is 331 g/mol. The van der Waals surface area contributed by atoms with E-state index in [0.29, 0.717) is 0 Å². The van der Waals surface area contributed by atoms with Gasteiger partial charge in [-0.1, -0.05) is 62.3 Å². The van der Waals surface area contributed by atoms with Crippen molar-refractivity contribution in [1.82, 2.24) is 0 Å². The monoisotopic (exact) mass is 330 g/mol. The first kappa shape index (κ1) is 20.5. The number of cyclic esters (lactones) is 1. The van der Waals surface area contributed by atoms with Gasteiger partial charge in [-0.15, -0.1) is 0 Å². The fraction of sp³-hybridized carbons (Fsp3) is 0.591. The molecule has 0 bridgehead atoms. The second-order valence-corrected chi connectivity index (χ2v) is 6.36. The fourth-order valence-corrected chi connectivity index (χ4v) is 2.67. The summed E-state index contributed by atoms with van der Waals surface area (Å²) in [4.78, 5) is 11.1. The molecule has 1 aliphatic heterocycles. The van der Waals surface area contributed by atoms with Crippen LogP contribution in [0.25, 0.3) is 0 Å². The summed E-state index contributed by atoms with van der Waals surface area (Å²) in [5, 5.41) is 0.